The molecule has 0 amide bonds. The van der Waals surface area contributed by atoms with E-state index in [1.54, 1.807) is 0 Å². The number of ether oxygens (including phenoxy) is 1. The summed E-state index contributed by atoms with van der Waals surface area (Å²) in [5.41, 5.74) is 0. The second kappa shape index (κ2) is 5.82. The summed E-state index contributed by atoms with van der Waals surface area (Å²) >= 11 is 0. The molecule has 0 unspecified atom stereocenters. The number of hydrogen-bond donors (Lipinski definition) is 1. The zero-order valence-electron chi connectivity index (χ0n) is 8.89. The number of hydrogen-bond acceptors (Lipinski definition) is 4. The van der Waals surface area contributed by atoms with Crippen molar-refractivity contribution < 1.29 is 4.74 Å². The van der Waals surface area contributed by atoms with Crippen LogP contribution < -0.4 is 5.32 Å². The molecule has 92 valence electrons. The molecule has 3 rings (SSSR count). The third-order valence-corrected chi connectivity index (χ3v) is 2.92. The van der Waals surface area contributed by atoms with Gasteiger partial charge >= 0.3 is 0 Å². The minimum absolute atomic E-state index is 0. The molecule has 0 saturated carbocycles. The van der Waals surface area contributed by atoms with E-state index >= 15 is 0 Å². The molecular weight excluding hydrogens is 251 g/mol. The molecule has 2 aliphatic heterocycles. The molecule has 1 saturated heterocycles. The molecule has 1 atom stereocenters. The summed E-state index contributed by atoms with van der Waals surface area (Å²) in [6, 6.07) is 0.411. The zero-order chi connectivity index (χ0) is 9.38. The van der Waals surface area contributed by atoms with Crippen LogP contribution in [0.3, 0.4) is 0 Å². The van der Waals surface area contributed by atoms with Crippen LogP contribution in [0.1, 0.15) is 30.5 Å². The van der Waals surface area contributed by atoms with Crippen molar-refractivity contribution in [3.8, 4) is 0 Å². The van der Waals surface area contributed by atoms with Crippen LogP contribution in [0.5, 0.6) is 0 Å². The van der Waals surface area contributed by atoms with E-state index in [0.29, 0.717) is 12.6 Å². The summed E-state index contributed by atoms with van der Waals surface area (Å²) < 4.78 is 7.53. The molecule has 1 aromatic rings. The van der Waals surface area contributed by atoms with Gasteiger partial charge in [-0.05, 0) is 19.4 Å². The van der Waals surface area contributed by atoms with Gasteiger partial charge in [-0.3, -0.25) is 0 Å². The first-order valence-electron chi connectivity index (χ1n) is 5.18. The quantitative estimate of drug-likeness (QED) is 0.827. The SMILES string of the molecule is C1CN[C@H](c2nnc3n2CCOC3)C1.Cl.Cl. The molecule has 16 heavy (non-hydrogen) atoms. The average Bonchev–Trinajstić information content (AvgIpc) is 2.85. The lowest BCUT2D eigenvalue weighted by Crippen LogP contribution is -2.23. The largest absolute Gasteiger partial charge is 0.372 e. The van der Waals surface area contributed by atoms with Crippen LogP contribution in [0.15, 0.2) is 0 Å². The molecular formula is C9H16Cl2N4O. The highest BCUT2D eigenvalue weighted by Crippen LogP contribution is 2.23. The van der Waals surface area contributed by atoms with E-state index in [-0.39, 0.29) is 24.8 Å². The Labute approximate surface area is 107 Å². The van der Waals surface area contributed by atoms with Crippen molar-refractivity contribution in [2.75, 3.05) is 13.2 Å². The van der Waals surface area contributed by atoms with Gasteiger partial charge < -0.3 is 14.6 Å². The second-order valence-electron chi connectivity index (χ2n) is 3.83. The van der Waals surface area contributed by atoms with Crippen molar-refractivity contribution in [2.45, 2.75) is 32.0 Å². The van der Waals surface area contributed by atoms with Gasteiger partial charge in [0.15, 0.2) is 5.82 Å². The fourth-order valence-corrected chi connectivity index (χ4v) is 2.18. The third kappa shape index (κ3) is 2.32. The van der Waals surface area contributed by atoms with Crippen molar-refractivity contribution >= 4 is 24.8 Å². The van der Waals surface area contributed by atoms with Crippen LogP contribution in [0.25, 0.3) is 0 Å². The molecule has 3 heterocycles. The molecule has 0 aliphatic carbocycles. The minimum Gasteiger partial charge on any atom is -0.372 e. The maximum absolute atomic E-state index is 5.33. The maximum atomic E-state index is 5.33. The molecule has 5 nitrogen and oxygen atoms in total. The van der Waals surface area contributed by atoms with Crippen molar-refractivity contribution in [2.24, 2.45) is 0 Å². The van der Waals surface area contributed by atoms with E-state index in [9.17, 15) is 0 Å². The highest BCUT2D eigenvalue weighted by atomic mass is 35.5. The molecule has 0 radical (unpaired) electrons. The van der Waals surface area contributed by atoms with Crippen LogP contribution in [-0.4, -0.2) is 27.9 Å². The topological polar surface area (TPSA) is 52.0 Å². The standard InChI is InChI=1S/C9H14N4O.2ClH/c1-2-7(10-3-1)9-12-11-8-6-14-5-4-13(8)9;;/h7,10H,1-6H2;2*1H/t7-;;/m0../s1. The molecule has 1 N–H and O–H groups in total. The van der Waals surface area contributed by atoms with E-state index in [2.05, 4.69) is 20.1 Å². The Kier molecular flexibility index (Phi) is 4.98. The van der Waals surface area contributed by atoms with Crippen molar-refractivity contribution in [3.63, 3.8) is 0 Å². The second-order valence-corrected chi connectivity index (χ2v) is 3.83. The first kappa shape index (κ1) is 13.7. The highest BCUT2D eigenvalue weighted by Gasteiger charge is 2.25. The van der Waals surface area contributed by atoms with Gasteiger partial charge in [-0.2, -0.15) is 0 Å². The van der Waals surface area contributed by atoms with Crippen LogP contribution in [0.4, 0.5) is 0 Å². The number of fused-ring (bicyclic) bond motifs is 1. The first-order valence-corrected chi connectivity index (χ1v) is 5.18. The summed E-state index contributed by atoms with van der Waals surface area (Å²) in [7, 11) is 0. The molecule has 1 fully saturated rings. The maximum Gasteiger partial charge on any atom is 0.159 e. The predicted molar refractivity (Wildman–Crippen MR) is 64.2 cm³/mol. The number of rotatable bonds is 1. The Morgan fingerprint density at radius 3 is 2.94 bits per heavy atom. The summed E-state index contributed by atoms with van der Waals surface area (Å²) in [4.78, 5) is 0. The molecule has 0 spiro atoms. The van der Waals surface area contributed by atoms with Crippen molar-refractivity contribution in [1.29, 1.82) is 0 Å². The Balaban J connectivity index is 0.000000640. The van der Waals surface area contributed by atoms with Crippen LogP contribution in [0, 0.1) is 0 Å². The molecule has 0 aromatic carbocycles. The van der Waals surface area contributed by atoms with E-state index < -0.39 is 0 Å². The molecule has 0 bridgehead atoms. The lowest BCUT2D eigenvalue weighted by atomic mass is 10.2. The van der Waals surface area contributed by atoms with E-state index in [4.69, 9.17) is 4.74 Å². The zero-order valence-corrected chi connectivity index (χ0v) is 10.5. The van der Waals surface area contributed by atoms with Gasteiger partial charge in [0.25, 0.3) is 0 Å². The lowest BCUT2D eigenvalue weighted by molar-refractivity contribution is 0.0801. The first-order chi connectivity index (χ1) is 6.95. The number of halogens is 2. The minimum atomic E-state index is 0. The van der Waals surface area contributed by atoms with Gasteiger partial charge in [0.1, 0.15) is 12.4 Å². The van der Waals surface area contributed by atoms with Gasteiger partial charge in [0.2, 0.25) is 0 Å². The van der Waals surface area contributed by atoms with Gasteiger partial charge in [-0.25, -0.2) is 0 Å². The fraction of sp³-hybridized carbons (Fsp3) is 0.778. The Morgan fingerprint density at radius 1 is 1.31 bits per heavy atom. The summed E-state index contributed by atoms with van der Waals surface area (Å²) in [6.07, 6.45) is 2.42. The number of nitrogens with zero attached hydrogens (tertiary/aromatic N) is 3. The Hall–Kier alpha value is -0.360. The van der Waals surface area contributed by atoms with Gasteiger partial charge in [0, 0.05) is 6.54 Å². The van der Waals surface area contributed by atoms with Gasteiger partial charge in [-0.15, -0.1) is 35.0 Å². The molecule has 7 heteroatoms. The van der Waals surface area contributed by atoms with Crippen LogP contribution >= 0.6 is 24.8 Å². The number of nitrogens with one attached hydrogen (secondary N) is 1. The Morgan fingerprint density at radius 2 is 2.19 bits per heavy atom. The Bertz CT molecular complexity index is 338. The summed E-state index contributed by atoms with van der Waals surface area (Å²) in [5.74, 6) is 2.07. The lowest BCUT2D eigenvalue weighted by Gasteiger charge is -2.17. The van der Waals surface area contributed by atoms with Gasteiger partial charge in [-0.1, -0.05) is 0 Å². The van der Waals surface area contributed by atoms with E-state index in [0.717, 1.165) is 31.3 Å². The smallest absolute Gasteiger partial charge is 0.159 e. The highest BCUT2D eigenvalue weighted by molar-refractivity contribution is 5.85. The normalized spacial score (nSPS) is 23.1. The summed E-state index contributed by atoms with van der Waals surface area (Å²) in [5, 5.41) is 11.8. The average molecular weight is 267 g/mol. The fourth-order valence-electron chi connectivity index (χ4n) is 2.18. The van der Waals surface area contributed by atoms with Crippen LogP contribution in [-0.2, 0) is 17.9 Å². The molecule has 1 aromatic heterocycles. The van der Waals surface area contributed by atoms with Crippen molar-refractivity contribution in [3.05, 3.63) is 11.6 Å². The number of aromatic nitrogens is 3. The monoisotopic (exact) mass is 266 g/mol. The van der Waals surface area contributed by atoms with Crippen LogP contribution in [0.2, 0.25) is 0 Å². The third-order valence-electron chi connectivity index (χ3n) is 2.92. The van der Waals surface area contributed by atoms with E-state index in [1.807, 2.05) is 0 Å². The van der Waals surface area contributed by atoms with Gasteiger partial charge in [0.05, 0.1) is 12.6 Å². The van der Waals surface area contributed by atoms with Crippen molar-refractivity contribution in [1.82, 2.24) is 20.1 Å². The van der Waals surface area contributed by atoms with E-state index in [1.165, 1.54) is 12.8 Å². The summed E-state index contributed by atoms with van der Waals surface area (Å²) in [6.45, 7) is 3.39. The molecule has 2 aliphatic rings. The predicted octanol–water partition coefficient (Wildman–Crippen LogP) is 1.08.